The van der Waals surface area contributed by atoms with Crippen LogP contribution in [0.15, 0.2) is 71.3 Å². The monoisotopic (exact) mass is 396 g/mol. The molecule has 5 heteroatoms. The van der Waals surface area contributed by atoms with E-state index in [2.05, 4.69) is 44.4 Å². The highest BCUT2D eigenvalue weighted by atomic mass is 79.9. The van der Waals surface area contributed by atoms with E-state index in [1.807, 2.05) is 48.7 Å². The molecule has 0 saturated heterocycles. The number of fused-ring (bicyclic) bond motifs is 1. The van der Waals surface area contributed by atoms with Crippen molar-refractivity contribution in [2.45, 2.75) is 12.6 Å². The van der Waals surface area contributed by atoms with E-state index >= 15 is 0 Å². The van der Waals surface area contributed by atoms with Crippen LogP contribution in [0.1, 0.15) is 22.9 Å². The number of pyridine rings is 1. The van der Waals surface area contributed by atoms with Crippen LogP contribution < -0.4 is 14.8 Å². The predicted molar refractivity (Wildman–Crippen MR) is 99.6 cm³/mol. The van der Waals surface area contributed by atoms with Crippen LogP contribution in [0.4, 0.5) is 0 Å². The quantitative estimate of drug-likeness (QED) is 0.691. The van der Waals surface area contributed by atoms with E-state index in [0.717, 1.165) is 27.2 Å². The number of nitrogens with zero attached hydrogens (tertiary/aromatic N) is 1. The summed E-state index contributed by atoms with van der Waals surface area (Å²) < 4.78 is 11.9. The maximum atomic E-state index is 5.50. The van der Waals surface area contributed by atoms with Crippen LogP contribution in [0.5, 0.6) is 11.5 Å². The van der Waals surface area contributed by atoms with Gasteiger partial charge in [0.25, 0.3) is 0 Å². The van der Waals surface area contributed by atoms with Gasteiger partial charge in [0.1, 0.15) is 0 Å². The normalized spacial score (nSPS) is 13.6. The van der Waals surface area contributed by atoms with E-state index < -0.39 is 0 Å². The van der Waals surface area contributed by atoms with E-state index in [4.69, 9.17) is 9.47 Å². The van der Waals surface area contributed by atoms with Crippen LogP contribution in [0.2, 0.25) is 0 Å². The maximum Gasteiger partial charge on any atom is 0.231 e. The van der Waals surface area contributed by atoms with Gasteiger partial charge in [0.15, 0.2) is 11.5 Å². The van der Waals surface area contributed by atoms with E-state index in [0.29, 0.717) is 6.54 Å². The molecule has 1 N–H and O–H groups in total. The number of nitrogens with one attached hydrogen (secondary N) is 1. The zero-order valence-corrected chi connectivity index (χ0v) is 15.1. The molecule has 0 spiro atoms. The van der Waals surface area contributed by atoms with Crippen molar-refractivity contribution in [3.05, 3.63) is 88.2 Å². The first-order chi connectivity index (χ1) is 12.3. The molecule has 0 fully saturated rings. The molecular formula is C20H17BrN2O2. The summed E-state index contributed by atoms with van der Waals surface area (Å²) in [7, 11) is 0. The second-order valence-corrected chi connectivity index (χ2v) is 6.64. The smallest absolute Gasteiger partial charge is 0.231 e. The Balaban J connectivity index is 1.59. The molecule has 1 aliphatic rings. The summed E-state index contributed by atoms with van der Waals surface area (Å²) in [4.78, 5) is 4.53. The number of hydrogen-bond donors (Lipinski definition) is 1. The Morgan fingerprint density at radius 1 is 1.04 bits per heavy atom. The first-order valence-electron chi connectivity index (χ1n) is 8.08. The summed E-state index contributed by atoms with van der Waals surface area (Å²) in [6.07, 6.45) is 1.82. The molecular weight excluding hydrogens is 380 g/mol. The Kier molecular flexibility index (Phi) is 4.68. The van der Waals surface area contributed by atoms with Crippen LogP contribution in [-0.2, 0) is 6.54 Å². The second-order valence-electron chi connectivity index (χ2n) is 5.79. The number of hydrogen-bond acceptors (Lipinski definition) is 4. The molecule has 2 aromatic carbocycles. The number of benzene rings is 2. The van der Waals surface area contributed by atoms with Gasteiger partial charge in [0.2, 0.25) is 6.79 Å². The molecule has 0 aliphatic carbocycles. The molecule has 0 radical (unpaired) electrons. The Hall–Kier alpha value is -2.37. The first kappa shape index (κ1) is 16.1. The van der Waals surface area contributed by atoms with Gasteiger partial charge in [0, 0.05) is 12.7 Å². The van der Waals surface area contributed by atoms with Gasteiger partial charge in [-0.2, -0.15) is 0 Å². The van der Waals surface area contributed by atoms with E-state index in [-0.39, 0.29) is 12.8 Å². The van der Waals surface area contributed by atoms with Crippen LogP contribution in [0.3, 0.4) is 0 Å². The molecule has 126 valence electrons. The third-order valence-electron chi connectivity index (χ3n) is 4.11. The van der Waals surface area contributed by atoms with Gasteiger partial charge < -0.3 is 14.8 Å². The van der Waals surface area contributed by atoms with Gasteiger partial charge in [-0.15, -0.1) is 0 Å². The third kappa shape index (κ3) is 3.52. The summed E-state index contributed by atoms with van der Waals surface area (Å²) in [5.74, 6) is 1.55. The Morgan fingerprint density at radius 2 is 1.88 bits per heavy atom. The van der Waals surface area contributed by atoms with Gasteiger partial charge in [-0.05, 0) is 51.3 Å². The molecule has 0 bridgehead atoms. The topological polar surface area (TPSA) is 43.4 Å². The standard InChI is InChI=1S/C20H17BrN2O2/c21-16-10-14(11-18-20(16)25-13-24-18)12-23-19(15-6-2-1-3-7-15)17-8-4-5-9-22-17/h1-11,19,23H,12-13H2/t19-/m0/s1. The third-order valence-corrected chi connectivity index (χ3v) is 4.70. The van der Waals surface area contributed by atoms with E-state index in [1.165, 1.54) is 5.56 Å². The SMILES string of the molecule is Brc1cc(CN[C@@H](c2ccccc2)c2ccccn2)cc2c1OCO2. The molecule has 1 atom stereocenters. The van der Waals surface area contributed by atoms with Crippen LogP contribution in [-0.4, -0.2) is 11.8 Å². The molecule has 2 heterocycles. The van der Waals surface area contributed by atoms with Crippen LogP contribution in [0, 0.1) is 0 Å². The lowest BCUT2D eigenvalue weighted by Gasteiger charge is -2.19. The fourth-order valence-electron chi connectivity index (χ4n) is 2.93. The molecule has 1 aromatic heterocycles. The number of halogens is 1. The molecule has 3 aromatic rings. The number of aromatic nitrogens is 1. The lowest BCUT2D eigenvalue weighted by atomic mass is 10.0. The molecule has 25 heavy (non-hydrogen) atoms. The first-order valence-corrected chi connectivity index (χ1v) is 8.88. The molecule has 1 aliphatic heterocycles. The fraction of sp³-hybridized carbons (Fsp3) is 0.150. The summed E-state index contributed by atoms with van der Waals surface area (Å²) in [5, 5.41) is 3.61. The van der Waals surface area contributed by atoms with Gasteiger partial charge in [-0.3, -0.25) is 4.98 Å². The molecule has 0 unspecified atom stereocenters. The Morgan fingerprint density at radius 3 is 2.68 bits per heavy atom. The molecule has 0 amide bonds. The van der Waals surface area contributed by atoms with Crippen molar-refractivity contribution in [1.29, 1.82) is 0 Å². The van der Waals surface area contributed by atoms with Crippen LogP contribution >= 0.6 is 15.9 Å². The van der Waals surface area contributed by atoms with Crippen molar-refractivity contribution in [3.8, 4) is 11.5 Å². The average molecular weight is 397 g/mol. The minimum Gasteiger partial charge on any atom is -0.454 e. The van der Waals surface area contributed by atoms with E-state index in [9.17, 15) is 0 Å². The van der Waals surface area contributed by atoms with Crippen molar-refractivity contribution < 1.29 is 9.47 Å². The van der Waals surface area contributed by atoms with Crippen molar-refractivity contribution in [2.75, 3.05) is 6.79 Å². The van der Waals surface area contributed by atoms with Crippen molar-refractivity contribution in [3.63, 3.8) is 0 Å². The lowest BCUT2D eigenvalue weighted by molar-refractivity contribution is 0.173. The van der Waals surface area contributed by atoms with Gasteiger partial charge in [-0.25, -0.2) is 0 Å². The Bertz CT molecular complexity index is 817. The zero-order valence-electron chi connectivity index (χ0n) is 13.5. The molecule has 0 saturated carbocycles. The largest absolute Gasteiger partial charge is 0.454 e. The lowest BCUT2D eigenvalue weighted by Crippen LogP contribution is -2.22. The zero-order chi connectivity index (χ0) is 17.1. The highest BCUT2D eigenvalue weighted by Crippen LogP contribution is 2.40. The summed E-state index contributed by atoms with van der Waals surface area (Å²) in [6, 6.07) is 20.4. The van der Waals surface area contributed by atoms with Gasteiger partial charge in [0.05, 0.1) is 16.2 Å². The molecule has 4 nitrogen and oxygen atoms in total. The minimum absolute atomic E-state index is 0.0200. The van der Waals surface area contributed by atoms with Crippen molar-refractivity contribution >= 4 is 15.9 Å². The van der Waals surface area contributed by atoms with Crippen molar-refractivity contribution in [2.24, 2.45) is 0 Å². The Labute approximate surface area is 154 Å². The van der Waals surface area contributed by atoms with E-state index in [1.54, 1.807) is 0 Å². The van der Waals surface area contributed by atoms with Gasteiger partial charge >= 0.3 is 0 Å². The maximum absolute atomic E-state index is 5.50. The highest BCUT2D eigenvalue weighted by Gasteiger charge is 2.19. The summed E-state index contributed by atoms with van der Waals surface area (Å²) in [5.41, 5.74) is 3.29. The molecule has 4 rings (SSSR count). The predicted octanol–water partition coefficient (Wildman–Crippen LogP) is 4.45. The van der Waals surface area contributed by atoms with Crippen LogP contribution in [0.25, 0.3) is 0 Å². The minimum atomic E-state index is 0.0200. The summed E-state index contributed by atoms with van der Waals surface area (Å²) >= 11 is 3.55. The summed E-state index contributed by atoms with van der Waals surface area (Å²) in [6.45, 7) is 0.955. The highest BCUT2D eigenvalue weighted by molar-refractivity contribution is 9.10. The van der Waals surface area contributed by atoms with Gasteiger partial charge in [-0.1, -0.05) is 36.4 Å². The fourth-order valence-corrected chi connectivity index (χ4v) is 3.53. The van der Waals surface area contributed by atoms with Crippen molar-refractivity contribution in [1.82, 2.24) is 10.3 Å². The second kappa shape index (κ2) is 7.25. The average Bonchev–Trinajstić information content (AvgIpc) is 3.13. The number of ether oxygens (including phenoxy) is 2. The number of rotatable bonds is 5.